The van der Waals surface area contributed by atoms with Crippen molar-refractivity contribution in [3.8, 4) is 10.6 Å². The number of rotatable bonds is 1. The van der Waals surface area contributed by atoms with Gasteiger partial charge >= 0.3 is 11.0 Å². The van der Waals surface area contributed by atoms with Gasteiger partial charge in [-0.05, 0) is 18.2 Å². The molecule has 0 unspecified atom stereocenters. The summed E-state index contributed by atoms with van der Waals surface area (Å²) in [6, 6.07) is 2.46. The summed E-state index contributed by atoms with van der Waals surface area (Å²) < 4.78 is 50.2. The van der Waals surface area contributed by atoms with Gasteiger partial charge in [0.25, 0.3) is 0 Å². The third-order valence-corrected chi connectivity index (χ3v) is 2.75. The predicted molar refractivity (Wildman–Crippen MR) is 53.1 cm³/mol. The van der Waals surface area contributed by atoms with E-state index in [1.165, 1.54) is 0 Å². The number of H-pyrrole nitrogens is 1. The summed E-state index contributed by atoms with van der Waals surface area (Å²) in [7, 11) is 0. The van der Waals surface area contributed by atoms with Gasteiger partial charge in [0.2, 0.25) is 0 Å². The van der Waals surface area contributed by atoms with E-state index in [0.717, 1.165) is 6.07 Å². The van der Waals surface area contributed by atoms with E-state index in [-0.39, 0.29) is 10.6 Å². The SMILES string of the molecule is O=c1[nH]nc(-c2ccc(F)c(C(F)(F)F)c2)s1. The number of hydrogen-bond acceptors (Lipinski definition) is 3. The summed E-state index contributed by atoms with van der Waals surface area (Å²) in [6.07, 6.45) is -4.78. The lowest BCUT2D eigenvalue weighted by atomic mass is 10.1. The number of nitrogens with zero attached hydrogens (tertiary/aromatic N) is 1. The van der Waals surface area contributed by atoms with Crippen molar-refractivity contribution in [2.75, 3.05) is 0 Å². The second kappa shape index (κ2) is 3.95. The predicted octanol–water partition coefficient (Wildman–Crippen LogP) is 2.66. The molecule has 0 aliphatic carbocycles. The van der Waals surface area contributed by atoms with Gasteiger partial charge in [-0.15, -0.1) is 0 Å². The molecule has 2 rings (SSSR count). The quantitative estimate of drug-likeness (QED) is 0.805. The maximum atomic E-state index is 13.0. The molecular formula is C9H4F4N2OS. The van der Waals surface area contributed by atoms with E-state index in [1.807, 2.05) is 0 Å². The molecule has 3 nitrogen and oxygen atoms in total. The normalized spacial score (nSPS) is 11.8. The van der Waals surface area contributed by atoms with Crippen molar-refractivity contribution in [2.45, 2.75) is 6.18 Å². The highest BCUT2D eigenvalue weighted by Crippen LogP contribution is 2.34. The zero-order valence-electron chi connectivity index (χ0n) is 8.01. The molecule has 0 atom stereocenters. The van der Waals surface area contributed by atoms with Gasteiger partial charge < -0.3 is 0 Å². The van der Waals surface area contributed by atoms with Crippen LogP contribution in [-0.4, -0.2) is 10.2 Å². The van der Waals surface area contributed by atoms with E-state index in [4.69, 9.17) is 0 Å². The minimum absolute atomic E-state index is 0.0436. The molecule has 0 amide bonds. The van der Waals surface area contributed by atoms with Gasteiger partial charge in [-0.2, -0.15) is 18.3 Å². The second-order valence-electron chi connectivity index (χ2n) is 3.11. The van der Waals surface area contributed by atoms with Gasteiger partial charge in [0, 0.05) is 5.56 Å². The van der Waals surface area contributed by atoms with Crippen LogP contribution in [0.25, 0.3) is 10.6 Å². The highest BCUT2D eigenvalue weighted by Gasteiger charge is 2.34. The molecule has 0 spiro atoms. The number of aromatic nitrogens is 2. The number of hydrogen-bond donors (Lipinski definition) is 1. The first kappa shape index (κ1) is 11.8. The zero-order valence-corrected chi connectivity index (χ0v) is 8.82. The minimum Gasteiger partial charge on any atom is -0.255 e. The summed E-state index contributed by atoms with van der Waals surface area (Å²) in [5.41, 5.74) is -1.33. The number of halogens is 4. The Morgan fingerprint density at radius 2 is 2.00 bits per heavy atom. The van der Waals surface area contributed by atoms with Crippen LogP contribution in [0.1, 0.15) is 5.56 Å². The molecule has 17 heavy (non-hydrogen) atoms. The van der Waals surface area contributed by atoms with Crippen LogP contribution < -0.4 is 4.87 Å². The van der Waals surface area contributed by atoms with Crippen LogP contribution in [0.2, 0.25) is 0 Å². The van der Waals surface area contributed by atoms with Gasteiger partial charge in [-0.25, -0.2) is 9.49 Å². The Morgan fingerprint density at radius 3 is 2.53 bits per heavy atom. The number of alkyl halides is 3. The van der Waals surface area contributed by atoms with Crippen molar-refractivity contribution >= 4 is 11.3 Å². The monoisotopic (exact) mass is 264 g/mol. The molecular weight excluding hydrogens is 260 g/mol. The Hall–Kier alpha value is -1.70. The topological polar surface area (TPSA) is 45.8 Å². The highest BCUT2D eigenvalue weighted by molar-refractivity contribution is 7.12. The summed E-state index contributed by atoms with van der Waals surface area (Å²) in [4.78, 5) is 10.3. The molecule has 90 valence electrons. The Kier molecular flexibility index (Phi) is 2.74. The van der Waals surface area contributed by atoms with Crippen molar-refractivity contribution in [3.05, 3.63) is 39.2 Å². The average molecular weight is 264 g/mol. The third-order valence-electron chi connectivity index (χ3n) is 1.96. The highest BCUT2D eigenvalue weighted by atomic mass is 32.1. The summed E-state index contributed by atoms with van der Waals surface area (Å²) in [6.45, 7) is 0. The molecule has 1 N–H and O–H groups in total. The average Bonchev–Trinajstić information content (AvgIpc) is 2.64. The van der Waals surface area contributed by atoms with E-state index in [9.17, 15) is 22.4 Å². The number of nitrogens with one attached hydrogen (secondary N) is 1. The summed E-state index contributed by atoms with van der Waals surface area (Å²) >= 11 is 0.654. The molecule has 0 aliphatic heterocycles. The Bertz CT molecular complexity index is 602. The number of aromatic amines is 1. The van der Waals surface area contributed by atoms with Crippen molar-refractivity contribution in [2.24, 2.45) is 0 Å². The van der Waals surface area contributed by atoms with Crippen LogP contribution in [-0.2, 0) is 6.18 Å². The van der Waals surface area contributed by atoms with Gasteiger partial charge in [0.1, 0.15) is 10.8 Å². The summed E-state index contributed by atoms with van der Waals surface area (Å²) in [5, 5.41) is 5.69. The van der Waals surface area contributed by atoms with Gasteiger partial charge in [-0.1, -0.05) is 11.3 Å². The molecule has 0 aliphatic rings. The standard InChI is InChI=1S/C9H4F4N2OS/c10-6-2-1-4(3-5(6)9(11,12)13)7-14-15-8(16)17-7/h1-3H,(H,15,16). The molecule has 0 saturated carbocycles. The van der Waals surface area contributed by atoms with Gasteiger partial charge in [0.15, 0.2) is 0 Å². The van der Waals surface area contributed by atoms with Gasteiger partial charge in [0.05, 0.1) is 5.56 Å². The molecule has 2 aromatic rings. The lowest BCUT2D eigenvalue weighted by Crippen LogP contribution is -2.08. The molecule has 0 fully saturated rings. The fourth-order valence-corrected chi connectivity index (χ4v) is 1.83. The van der Waals surface area contributed by atoms with Crippen molar-refractivity contribution < 1.29 is 17.6 Å². The molecule has 8 heteroatoms. The van der Waals surface area contributed by atoms with Crippen molar-refractivity contribution in [3.63, 3.8) is 0 Å². The second-order valence-corrected chi connectivity index (χ2v) is 4.07. The zero-order chi connectivity index (χ0) is 12.6. The van der Waals surface area contributed by atoms with Crippen molar-refractivity contribution in [1.29, 1.82) is 0 Å². The first-order chi connectivity index (χ1) is 7.88. The lowest BCUT2D eigenvalue weighted by Gasteiger charge is -2.08. The van der Waals surface area contributed by atoms with E-state index in [2.05, 4.69) is 10.2 Å². The maximum absolute atomic E-state index is 13.0. The fraction of sp³-hybridized carbons (Fsp3) is 0.111. The van der Waals surface area contributed by atoms with Crippen LogP contribution in [0.15, 0.2) is 23.0 Å². The molecule has 1 aromatic carbocycles. The van der Waals surface area contributed by atoms with Crippen LogP contribution in [0.4, 0.5) is 17.6 Å². The molecule has 1 aromatic heterocycles. The fourth-order valence-electron chi connectivity index (χ4n) is 1.23. The summed E-state index contributed by atoms with van der Waals surface area (Å²) in [5.74, 6) is -1.36. The first-order valence-corrected chi connectivity index (χ1v) is 5.12. The lowest BCUT2D eigenvalue weighted by molar-refractivity contribution is -0.139. The maximum Gasteiger partial charge on any atom is 0.419 e. The van der Waals surface area contributed by atoms with Crippen LogP contribution >= 0.6 is 11.3 Å². The van der Waals surface area contributed by atoms with E-state index in [0.29, 0.717) is 23.5 Å². The van der Waals surface area contributed by atoms with E-state index in [1.54, 1.807) is 0 Å². The smallest absolute Gasteiger partial charge is 0.255 e. The molecule has 1 heterocycles. The van der Waals surface area contributed by atoms with Crippen LogP contribution in [0, 0.1) is 5.82 Å². The largest absolute Gasteiger partial charge is 0.419 e. The third kappa shape index (κ3) is 2.36. The Balaban J connectivity index is 2.55. The molecule has 0 radical (unpaired) electrons. The Labute approximate surface area is 95.7 Å². The van der Waals surface area contributed by atoms with E-state index >= 15 is 0 Å². The van der Waals surface area contributed by atoms with Crippen LogP contribution in [0.5, 0.6) is 0 Å². The first-order valence-electron chi connectivity index (χ1n) is 4.30. The minimum atomic E-state index is -4.78. The van der Waals surface area contributed by atoms with Crippen molar-refractivity contribution in [1.82, 2.24) is 10.2 Å². The van der Waals surface area contributed by atoms with Crippen LogP contribution in [0.3, 0.4) is 0 Å². The van der Waals surface area contributed by atoms with E-state index < -0.39 is 22.4 Å². The van der Waals surface area contributed by atoms with Gasteiger partial charge in [-0.3, -0.25) is 4.79 Å². The molecule has 0 bridgehead atoms. The molecule has 0 saturated heterocycles. The Morgan fingerprint density at radius 1 is 1.29 bits per heavy atom. The number of benzene rings is 1.